The number of aliphatic carboxylic acids is 3. The van der Waals surface area contributed by atoms with Crippen LogP contribution in [0.2, 0.25) is 0 Å². The Balaban J connectivity index is -0.000000427. The molecule has 0 radical (unpaired) electrons. The predicted molar refractivity (Wildman–Crippen MR) is 58.0 cm³/mol. The van der Waals surface area contributed by atoms with E-state index in [2.05, 4.69) is 4.74 Å². The van der Waals surface area contributed by atoms with Crippen LogP contribution in [0.3, 0.4) is 0 Å². The summed E-state index contributed by atoms with van der Waals surface area (Å²) >= 11 is 0. The molecule has 0 aliphatic carbocycles. The van der Waals surface area contributed by atoms with Crippen molar-refractivity contribution < 1.29 is 42.1 Å². The van der Waals surface area contributed by atoms with Gasteiger partial charge in [-0.25, -0.2) is 4.79 Å². The average molecular weight is 291 g/mol. The number of carboxylic acids is 3. The molecule has 0 amide bonds. The Bertz CT molecular complexity index is 348. The Kier molecular flexibility index (Phi) is 8.90. The molecule has 18 heavy (non-hydrogen) atoms. The smallest absolute Gasteiger partial charge is 1.00 e. The first kappa shape index (κ1) is 19.4. The normalized spacial score (nSPS) is 10.1. The summed E-state index contributed by atoms with van der Waals surface area (Å²) in [7, 11) is 0. The maximum absolute atomic E-state index is 10.9. The van der Waals surface area contributed by atoms with Gasteiger partial charge < -0.3 is 28.6 Å². The molecule has 100 valence electrons. The number of hydrogen-bond acceptors (Lipinski definition) is 6. The Morgan fingerprint density at radius 3 is 1.67 bits per heavy atom. The maximum atomic E-state index is 10.9. The van der Waals surface area contributed by atoms with Gasteiger partial charge in [0, 0.05) is 0 Å². The van der Waals surface area contributed by atoms with Gasteiger partial charge in [0.05, 0.1) is 19.4 Å². The minimum Gasteiger partial charge on any atom is -1.00 e. The fourth-order valence-corrected chi connectivity index (χ4v) is 1.08. The van der Waals surface area contributed by atoms with Crippen molar-refractivity contribution in [1.82, 2.24) is 0 Å². The first-order valence-electron chi connectivity index (χ1n) is 4.32. The first-order valence-corrected chi connectivity index (χ1v) is 4.32. The molecule has 0 fully saturated rings. The van der Waals surface area contributed by atoms with Crippen molar-refractivity contribution in [3.8, 4) is 0 Å². The van der Waals surface area contributed by atoms with Gasteiger partial charge in [-0.3, -0.25) is 14.4 Å². The Morgan fingerprint density at radius 2 is 1.44 bits per heavy atom. The second-order valence-electron chi connectivity index (χ2n) is 3.12. The van der Waals surface area contributed by atoms with E-state index in [-0.39, 0.29) is 40.6 Å². The zero-order valence-electron chi connectivity index (χ0n) is 11.3. The van der Waals surface area contributed by atoms with Crippen molar-refractivity contribution in [2.24, 2.45) is 5.73 Å². The molecule has 9 nitrogen and oxygen atoms in total. The second kappa shape index (κ2) is 8.25. The van der Waals surface area contributed by atoms with E-state index in [0.717, 1.165) is 0 Å². The third-order valence-corrected chi connectivity index (χ3v) is 1.74. The monoisotopic (exact) mass is 291 g/mol. The molecule has 0 saturated heterocycles. The third kappa shape index (κ3) is 6.15. The summed E-state index contributed by atoms with van der Waals surface area (Å²) in [6.07, 6.45) is -2.33. The topological polar surface area (TPSA) is 164 Å². The zero-order valence-corrected chi connectivity index (χ0v) is 11.5. The van der Waals surface area contributed by atoms with Crippen molar-refractivity contribution >= 4 is 61.6 Å². The van der Waals surface area contributed by atoms with E-state index < -0.39 is 48.9 Å². The zero-order chi connectivity index (χ0) is 13.6. The molecule has 0 heterocycles. The van der Waals surface area contributed by atoms with Gasteiger partial charge in [-0.15, -0.1) is 0 Å². The van der Waals surface area contributed by atoms with Crippen LogP contribution in [0.1, 0.15) is 15.7 Å². The predicted octanol–water partition coefficient (Wildman–Crippen LogP) is -1.89. The van der Waals surface area contributed by atoms with Gasteiger partial charge in [-0.2, -0.15) is 0 Å². The molecule has 0 unspecified atom stereocenters. The van der Waals surface area contributed by atoms with E-state index in [1.165, 1.54) is 0 Å². The van der Waals surface area contributed by atoms with Crippen LogP contribution in [0.25, 0.3) is 0 Å². The number of carbonyl (C=O) groups is 4. The minimum atomic E-state index is -2.64. The van der Waals surface area contributed by atoms with Crippen LogP contribution in [0.4, 0.5) is 0 Å². The van der Waals surface area contributed by atoms with Crippen LogP contribution >= 0.6 is 0 Å². The Labute approximate surface area is 134 Å². The fraction of sp³-hybridized carbons (Fsp3) is 0.500. The summed E-state index contributed by atoms with van der Waals surface area (Å²) < 4.78 is 4.35. The molecule has 10 heteroatoms. The van der Waals surface area contributed by atoms with E-state index in [4.69, 9.17) is 21.1 Å². The van der Waals surface area contributed by atoms with E-state index in [1.54, 1.807) is 0 Å². The molecule has 0 spiro atoms. The number of hydrogen-bond donors (Lipinski definition) is 4. The van der Waals surface area contributed by atoms with Gasteiger partial charge in [-0.05, 0) is 0 Å². The molecule has 0 bridgehead atoms. The third-order valence-electron chi connectivity index (χ3n) is 1.74. The molecule has 0 atom stereocenters. The molecule has 0 saturated carbocycles. The summed E-state index contributed by atoms with van der Waals surface area (Å²) in [5.74, 6) is -6.28. The van der Waals surface area contributed by atoms with Crippen LogP contribution in [0.15, 0.2) is 0 Å². The van der Waals surface area contributed by atoms with E-state index in [0.29, 0.717) is 0 Å². The number of rotatable bonds is 7. The number of carbonyl (C=O) groups excluding carboxylic acids is 1. The average Bonchev–Trinajstić information content (AvgIpc) is 2.14. The van der Waals surface area contributed by atoms with E-state index in [9.17, 15) is 19.2 Å². The summed E-state index contributed by atoms with van der Waals surface area (Å²) in [6, 6.07) is 0. The molecule has 5 N–H and O–H groups in total. The summed E-state index contributed by atoms with van der Waals surface area (Å²) in [5.41, 5.74) is 2.23. The summed E-state index contributed by atoms with van der Waals surface area (Å²) in [4.78, 5) is 42.8. The quantitative estimate of drug-likeness (QED) is 0.310. The molecular formula is C8H13CaNO8. The van der Waals surface area contributed by atoms with Gasteiger partial charge in [0.1, 0.15) is 0 Å². The number of ether oxygens (including phenoxy) is 1. The van der Waals surface area contributed by atoms with E-state index >= 15 is 0 Å². The van der Waals surface area contributed by atoms with Crippen LogP contribution in [0, 0.1) is 0 Å². The molecular weight excluding hydrogens is 278 g/mol. The van der Waals surface area contributed by atoms with Gasteiger partial charge in [0.25, 0.3) is 0 Å². The SMILES string of the molecule is NCC(=O)OC(CC(=O)O)(CC(=O)O)C(=O)O.[Ca+2].[H-].[H-]. The van der Waals surface area contributed by atoms with Crippen LogP contribution in [-0.4, -0.2) is 89.1 Å². The molecule has 0 aliphatic rings. The number of esters is 1. The molecule has 0 aromatic rings. The van der Waals surface area contributed by atoms with Gasteiger partial charge in [0.15, 0.2) is 0 Å². The molecule has 0 aromatic carbocycles. The largest absolute Gasteiger partial charge is 2.00 e. The Hall–Kier alpha value is -0.900. The maximum Gasteiger partial charge on any atom is 2.00 e. The van der Waals surface area contributed by atoms with E-state index in [1.807, 2.05) is 0 Å². The molecule has 0 aromatic heterocycles. The number of nitrogens with two attached hydrogens (primary N) is 1. The summed E-state index contributed by atoms with van der Waals surface area (Å²) in [6.45, 7) is -0.686. The standard InChI is InChI=1S/C8H11NO8.Ca.2H/c9-3-6(14)17-8(7(15)16,1-4(10)11)2-5(12)13;;;/h1-3,9H2,(H,10,11)(H,12,13)(H,15,16);;;/q;+2;2*-1. The number of carboxylic acid groups (broad SMARTS) is 3. The van der Waals surface area contributed by atoms with Crippen molar-refractivity contribution in [3.63, 3.8) is 0 Å². The van der Waals surface area contributed by atoms with Crippen LogP contribution < -0.4 is 5.73 Å². The van der Waals surface area contributed by atoms with Gasteiger partial charge in [0.2, 0.25) is 5.60 Å². The first-order chi connectivity index (χ1) is 7.73. The Morgan fingerprint density at radius 1 is 1.06 bits per heavy atom. The van der Waals surface area contributed by atoms with Gasteiger partial charge >= 0.3 is 61.6 Å². The van der Waals surface area contributed by atoms with Crippen LogP contribution in [0.5, 0.6) is 0 Å². The van der Waals surface area contributed by atoms with Crippen molar-refractivity contribution in [1.29, 1.82) is 0 Å². The van der Waals surface area contributed by atoms with Crippen molar-refractivity contribution in [2.45, 2.75) is 18.4 Å². The second-order valence-corrected chi connectivity index (χ2v) is 3.12. The minimum absolute atomic E-state index is 0. The fourth-order valence-electron chi connectivity index (χ4n) is 1.08. The summed E-state index contributed by atoms with van der Waals surface area (Å²) in [5, 5.41) is 25.9. The van der Waals surface area contributed by atoms with Gasteiger partial charge in [-0.1, -0.05) is 0 Å². The molecule has 0 aliphatic heterocycles. The van der Waals surface area contributed by atoms with Crippen LogP contribution in [-0.2, 0) is 23.9 Å². The van der Waals surface area contributed by atoms with Crippen molar-refractivity contribution in [3.05, 3.63) is 0 Å². The molecule has 0 rings (SSSR count). The van der Waals surface area contributed by atoms with Crippen molar-refractivity contribution in [2.75, 3.05) is 6.54 Å².